The van der Waals surface area contributed by atoms with Gasteiger partial charge in [0.2, 0.25) is 0 Å². The molecule has 3 aromatic carbocycles. The summed E-state index contributed by atoms with van der Waals surface area (Å²) in [6.07, 6.45) is 0.424. The number of esters is 1. The number of carbonyl (C=O) groups is 2. The molecule has 0 saturated carbocycles. The van der Waals surface area contributed by atoms with Crippen LogP contribution < -0.4 is 5.32 Å². The Kier molecular flexibility index (Phi) is 3.35. The van der Waals surface area contributed by atoms with Gasteiger partial charge in [0.15, 0.2) is 5.72 Å². The molecule has 0 spiro atoms. The second-order valence-corrected chi connectivity index (χ2v) is 10.9. The smallest absolute Gasteiger partial charge is 0.316 e. The van der Waals surface area contributed by atoms with Crippen LogP contribution in [0.25, 0.3) is 43.6 Å². The average Bonchev–Trinajstić information content (AvgIpc) is 3.55. The molecule has 3 aliphatic heterocycles. The van der Waals surface area contributed by atoms with Gasteiger partial charge in [0.05, 0.1) is 34.7 Å². The summed E-state index contributed by atoms with van der Waals surface area (Å²) in [5, 5.41) is 7.15. The minimum Gasteiger partial charge on any atom is -0.468 e. The number of hydrogen-bond donors (Lipinski definition) is 1. The third-order valence-electron chi connectivity index (χ3n) is 9.14. The molecule has 0 radical (unpaired) electrons. The highest BCUT2D eigenvalue weighted by Crippen LogP contribution is 2.62. The topological polar surface area (TPSA) is 74.5 Å². The van der Waals surface area contributed by atoms with Crippen LogP contribution in [0.2, 0.25) is 0 Å². The fourth-order valence-electron chi connectivity index (χ4n) is 7.68. The molecular formula is C29H25N3O4. The second-order valence-electron chi connectivity index (χ2n) is 10.9. The molecule has 2 aromatic heterocycles. The van der Waals surface area contributed by atoms with Crippen LogP contribution in [-0.2, 0) is 32.3 Å². The molecule has 1 fully saturated rings. The van der Waals surface area contributed by atoms with Crippen LogP contribution in [0, 0.1) is 5.41 Å². The molecule has 0 aliphatic carbocycles. The van der Waals surface area contributed by atoms with Crippen molar-refractivity contribution in [3.63, 3.8) is 0 Å². The highest BCUT2D eigenvalue weighted by molar-refractivity contribution is 6.31. The first-order valence-electron chi connectivity index (χ1n) is 12.3. The maximum absolute atomic E-state index is 13.5. The zero-order valence-corrected chi connectivity index (χ0v) is 20.6. The number of amides is 1. The molecule has 1 N–H and O–H groups in total. The van der Waals surface area contributed by atoms with Crippen LogP contribution >= 0.6 is 0 Å². The molecule has 3 aliphatic rings. The van der Waals surface area contributed by atoms with Crippen LogP contribution in [-0.4, -0.2) is 28.1 Å². The number of para-hydroxylation sites is 2. The summed E-state index contributed by atoms with van der Waals surface area (Å²) in [5.41, 5.74) is 2.84. The lowest BCUT2D eigenvalue weighted by Crippen LogP contribution is -2.48. The molecule has 5 aromatic rings. The highest BCUT2D eigenvalue weighted by Gasteiger charge is 2.67. The zero-order chi connectivity index (χ0) is 24.8. The third kappa shape index (κ3) is 1.90. The normalized spacial score (nSPS) is 28.4. The summed E-state index contributed by atoms with van der Waals surface area (Å²) in [7, 11) is 1.44. The van der Waals surface area contributed by atoms with Crippen molar-refractivity contribution in [1.29, 1.82) is 0 Å². The summed E-state index contributed by atoms with van der Waals surface area (Å²) in [6.45, 7) is 6.49. The van der Waals surface area contributed by atoms with Crippen LogP contribution in [0.5, 0.6) is 0 Å². The van der Waals surface area contributed by atoms with E-state index in [4.69, 9.17) is 9.47 Å². The van der Waals surface area contributed by atoms with E-state index < -0.39 is 16.9 Å². The fourth-order valence-corrected chi connectivity index (χ4v) is 7.68. The van der Waals surface area contributed by atoms with Crippen molar-refractivity contribution in [1.82, 2.24) is 14.5 Å². The summed E-state index contributed by atoms with van der Waals surface area (Å²) < 4.78 is 17.0. The van der Waals surface area contributed by atoms with E-state index in [1.165, 1.54) is 7.11 Å². The lowest BCUT2D eigenvalue weighted by atomic mass is 9.76. The highest BCUT2D eigenvalue weighted by atomic mass is 16.6. The van der Waals surface area contributed by atoms with Gasteiger partial charge in [0, 0.05) is 34.5 Å². The third-order valence-corrected chi connectivity index (χ3v) is 9.14. The van der Waals surface area contributed by atoms with E-state index >= 15 is 0 Å². The SMILES string of the molecule is COC(=O)[C@@]1(C)C[C@@]2(C)O[C@]1(C)n1c3ccccc3c3c4c(c5c6ccccc6n2c5c31)C(=O)NC4. The van der Waals surface area contributed by atoms with Crippen molar-refractivity contribution in [3.8, 4) is 0 Å². The zero-order valence-electron chi connectivity index (χ0n) is 20.6. The van der Waals surface area contributed by atoms with E-state index in [0.717, 1.165) is 54.7 Å². The minimum atomic E-state index is -1.03. The van der Waals surface area contributed by atoms with Crippen molar-refractivity contribution in [2.75, 3.05) is 7.11 Å². The van der Waals surface area contributed by atoms with E-state index in [2.05, 4.69) is 45.6 Å². The van der Waals surface area contributed by atoms with Gasteiger partial charge in [-0.15, -0.1) is 0 Å². The fraction of sp³-hybridized carbons (Fsp3) is 0.310. The average molecular weight is 480 g/mol. The maximum atomic E-state index is 13.5. The van der Waals surface area contributed by atoms with Crippen molar-refractivity contribution in [2.45, 2.75) is 45.2 Å². The van der Waals surface area contributed by atoms with Gasteiger partial charge in [0.1, 0.15) is 11.1 Å². The summed E-state index contributed by atoms with van der Waals surface area (Å²) in [6, 6.07) is 16.4. The van der Waals surface area contributed by atoms with Crippen molar-refractivity contribution in [3.05, 3.63) is 59.7 Å². The van der Waals surface area contributed by atoms with E-state index in [1.54, 1.807) is 0 Å². The number of methoxy groups -OCH3 is 1. The summed E-state index contributed by atoms with van der Waals surface area (Å²) in [4.78, 5) is 26.9. The molecule has 1 saturated heterocycles. The first-order valence-corrected chi connectivity index (χ1v) is 12.3. The van der Waals surface area contributed by atoms with Gasteiger partial charge in [-0.25, -0.2) is 0 Å². The Morgan fingerprint density at radius 1 is 0.944 bits per heavy atom. The largest absolute Gasteiger partial charge is 0.468 e. The first-order chi connectivity index (χ1) is 17.2. The molecule has 1 amide bonds. The number of ether oxygens (including phenoxy) is 2. The van der Waals surface area contributed by atoms with Crippen LogP contribution in [0.1, 0.15) is 43.1 Å². The Morgan fingerprint density at radius 2 is 1.56 bits per heavy atom. The number of aromatic nitrogens is 2. The second kappa shape index (κ2) is 5.93. The minimum absolute atomic E-state index is 0.0438. The van der Waals surface area contributed by atoms with Crippen molar-refractivity contribution in [2.24, 2.45) is 5.41 Å². The molecule has 8 rings (SSSR count). The summed E-state index contributed by atoms with van der Waals surface area (Å²) in [5.74, 6) is -0.341. The van der Waals surface area contributed by atoms with Crippen LogP contribution in [0.15, 0.2) is 48.5 Å². The van der Waals surface area contributed by atoms with E-state index in [1.807, 2.05) is 38.1 Å². The van der Waals surface area contributed by atoms with E-state index in [9.17, 15) is 9.59 Å². The van der Waals surface area contributed by atoms with E-state index in [0.29, 0.717) is 13.0 Å². The summed E-state index contributed by atoms with van der Waals surface area (Å²) >= 11 is 0. The van der Waals surface area contributed by atoms with Crippen molar-refractivity contribution >= 4 is 55.5 Å². The Bertz CT molecular complexity index is 1880. The maximum Gasteiger partial charge on any atom is 0.316 e. The number of hydrogen-bond acceptors (Lipinski definition) is 4. The van der Waals surface area contributed by atoms with Gasteiger partial charge >= 0.3 is 5.97 Å². The Hall–Kier alpha value is -3.84. The molecule has 36 heavy (non-hydrogen) atoms. The van der Waals surface area contributed by atoms with Gasteiger partial charge in [-0.1, -0.05) is 36.4 Å². The lowest BCUT2D eigenvalue weighted by Gasteiger charge is -2.39. The number of rotatable bonds is 1. The molecule has 5 heterocycles. The molecule has 3 atom stereocenters. The van der Waals surface area contributed by atoms with Gasteiger partial charge < -0.3 is 23.9 Å². The Labute approximate surface area is 206 Å². The predicted molar refractivity (Wildman–Crippen MR) is 137 cm³/mol. The van der Waals surface area contributed by atoms with E-state index in [-0.39, 0.29) is 11.9 Å². The predicted octanol–water partition coefficient (Wildman–Crippen LogP) is 5.10. The van der Waals surface area contributed by atoms with Gasteiger partial charge in [-0.05, 0) is 38.5 Å². The molecular weight excluding hydrogens is 454 g/mol. The molecule has 7 heteroatoms. The number of benzene rings is 3. The number of nitrogens with zero attached hydrogens (tertiary/aromatic N) is 2. The first kappa shape index (κ1) is 20.4. The molecule has 0 unspecified atom stereocenters. The molecule has 180 valence electrons. The number of carbonyl (C=O) groups excluding carboxylic acids is 2. The van der Waals surface area contributed by atoms with Crippen LogP contribution in [0.3, 0.4) is 0 Å². The number of nitrogens with one attached hydrogen (secondary N) is 1. The Balaban J connectivity index is 1.76. The monoisotopic (exact) mass is 479 g/mol. The quantitative estimate of drug-likeness (QED) is 0.339. The standard InChI is InChI=1S/C29H25N3O4/c1-27(26(34)35-4)14-28(2)31-18-11-7-6-10-16(18)21-22-17(13-30-25(22)33)20-15-9-5-8-12-19(15)32(23(20)24(21)31)29(27,3)36-28/h5-12H,13-14H2,1-4H3,(H,30,33)/t27-,28-,29+/m1/s1. The number of fused-ring (bicyclic) bond motifs is 13. The van der Waals surface area contributed by atoms with Gasteiger partial charge in [0.25, 0.3) is 5.91 Å². The lowest BCUT2D eigenvalue weighted by molar-refractivity contribution is -0.195. The van der Waals surface area contributed by atoms with Gasteiger partial charge in [-0.3, -0.25) is 9.59 Å². The van der Waals surface area contributed by atoms with Gasteiger partial charge in [-0.2, -0.15) is 0 Å². The molecule has 2 bridgehead atoms. The Morgan fingerprint density at radius 3 is 2.25 bits per heavy atom. The van der Waals surface area contributed by atoms with Crippen molar-refractivity contribution < 1.29 is 19.1 Å². The molecule has 7 nitrogen and oxygen atoms in total. The van der Waals surface area contributed by atoms with Crippen LogP contribution in [0.4, 0.5) is 0 Å².